The topological polar surface area (TPSA) is 113 Å². The summed E-state index contributed by atoms with van der Waals surface area (Å²) in [5.41, 5.74) is 0.596. The lowest BCUT2D eigenvalue weighted by Gasteiger charge is -2.37. The third kappa shape index (κ3) is 6.50. The molecule has 0 amide bonds. The third-order valence-electron chi connectivity index (χ3n) is 6.46. The van der Waals surface area contributed by atoms with Crippen LogP contribution in [0.2, 0.25) is 0 Å². The number of hydrogen-bond acceptors (Lipinski definition) is 7. The minimum Gasteiger partial charge on any atom is -0.497 e. The summed E-state index contributed by atoms with van der Waals surface area (Å²) < 4.78 is 67.8. The number of aliphatic hydroxyl groups excluding tert-OH is 1. The summed E-state index contributed by atoms with van der Waals surface area (Å²) in [6.07, 6.45) is 0.900. The quantitative estimate of drug-likeness (QED) is 0.491. The van der Waals surface area contributed by atoms with Crippen LogP contribution in [0, 0.1) is 17.8 Å². The maximum absolute atomic E-state index is 13.6. The first-order chi connectivity index (χ1) is 17.9. The van der Waals surface area contributed by atoms with Gasteiger partial charge in [-0.05, 0) is 43.7 Å². The first-order valence-electron chi connectivity index (χ1n) is 12.5. The number of rotatable bonds is 8. The van der Waals surface area contributed by atoms with Crippen molar-refractivity contribution in [2.75, 3.05) is 33.9 Å². The van der Waals surface area contributed by atoms with Crippen LogP contribution in [0.25, 0.3) is 0 Å². The van der Waals surface area contributed by atoms with Gasteiger partial charge in [-0.25, -0.2) is 16.8 Å². The van der Waals surface area contributed by atoms with Crippen LogP contribution in [0.3, 0.4) is 0 Å². The van der Waals surface area contributed by atoms with Crippen LogP contribution < -0.4 is 9.47 Å². The van der Waals surface area contributed by atoms with Crippen molar-refractivity contribution in [2.24, 2.45) is 5.92 Å². The molecule has 0 saturated carbocycles. The second-order valence-electron chi connectivity index (χ2n) is 9.42. The molecular weight excluding hydrogens is 528 g/mol. The lowest BCUT2D eigenvalue weighted by atomic mass is 10.0. The Hall–Kier alpha value is -2.62. The van der Waals surface area contributed by atoms with E-state index in [1.165, 1.54) is 41.0 Å². The van der Waals surface area contributed by atoms with Crippen LogP contribution in [-0.4, -0.2) is 76.6 Å². The first kappa shape index (κ1) is 29.9. The Bertz CT molecular complexity index is 1400. The maximum atomic E-state index is 13.6. The summed E-state index contributed by atoms with van der Waals surface area (Å²) >= 11 is 0. The van der Waals surface area contributed by atoms with Gasteiger partial charge in [-0.3, -0.25) is 0 Å². The molecular formula is C27H36N2O7S2. The summed E-state index contributed by atoms with van der Waals surface area (Å²) in [5.74, 6) is 6.19. The molecule has 0 spiro atoms. The highest BCUT2D eigenvalue weighted by molar-refractivity contribution is 7.89. The summed E-state index contributed by atoms with van der Waals surface area (Å²) in [6.45, 7) is 5.10. The molecule has 2 aromatic rings. The summed E-state index contributed by atoms with van der Waals surface area (Å²) in [4.78, 5) is 0.0267. The van der Waals surface area contributed by atoms with E-state index in [4.69, 9.17) is 9.47 Å². The predicted octanol–water partition coefficient (Wildman–Crippen LogP) is 2.94. The molecule has 0 fully saturated rings. The fourth-order valence-electron chi connectivity index (χ4n) is 4.10. The average Bonchev–Trinajstić information content (AvgIpc) is 2.90. The minimum atomic E-state index is -4.01. The maximum Gasteiger partial charge on any atom is 0.247 e. The Morgan fingerprint density at radius 1 is 1.26 bits per heavy atom. The molecule has 1 N–H and O–H groups in total. The van der Waals surface area contributed by atoms with E-state index >= 15 is 0 Å². The van der Waals surface area contributed by atoms with Crippen LogP contribution in [0.15, 0.2) is 52.3 Å². The van der Waals surface area contributed by atoms with E-state index in [0.29, 0.717) is 17.7 Å². The van der Waals surface area contributed by atoms with E-state index in [9.17, 15) is 21.9 Å². The number of aliphatic hydroxyl groups is 1. The van der Waals surface area contributed by atoms with Crippen molar-refractivity contribution in [3.8, 4) is 23.3 Å². The van der Waals surface area contributed by atoms with Crippen molar-refractivity contribution in [3.05, 3.63) is 48.0 Å². The number of sulfonamides is 2. The van der Waals surface area contributed by atoms with Crippen molar-refractivity contribution in [3.63, 3.8) is 0 Å². The Balaban J connectivity index is 2.04. The molecule has 2 aromatic carbocycles. The van der Waals surface area contributed by atoms with Crippen molar-refractivity contribution in [2.45, 2.75) is 55.5 Å². The minimum absolute atomic E-state index is 0.0344. The first-order valence-corrected chi connectivity index (χ1v) is 15.4. The van der Waals surface area contributed by atoms with Gasteiger partial charge in [0.15, 0.2) is 0 Å². The molecule has 1 aliphatic heterocycles. The highest BCUT2D eigenvalue weighted by Crippen LogP contribution is 2.34. The van der Waals surface area contributed by atoms with Crippen molar-refractivity contribution >= 4 is 20.0 Å². The number of unbranched alkanes of at least 4 members (excludes halogenated alkanes) is 1. The molecule has 0 radical (unpaired) electrons. The normalized spacial score (nSPS) is 20.3. The van der Waals surface area contributed by atoms with Gasteiger partial charge in [0.05, 0.1) is 25.2 Å². The van der Waals surface area contributed by atoms with Crippen LogP contribution in [0.1, 0.15) is 39.2 Å². The average molecular weight is 565 g/mol. The fraction of sp³-hybridized carbons (Fsp3) is 0.481. The lowest BCUT2D eigenvalue weighted by Crippen LogP contribution is -2.50. The number of ether oxygens (including phenoxy) is 2. The summed E-state index contributed by atoms with van der Waals surface area (Å²) in [5, 5.41) is 9.81. The molecule has 1 heterocycles. The van der Waals surface area contributed by atoms with Gasteiger partial charge >= 0.3 is 0 Å². The zero-order chi connectivity index (χ0) is 28.1. The Morgan fingerprint density at radius 2 is 2.00 bits per heavy atom. The summed E-state index contributed by atoms with van der Waals surface area (Å²) in [7, 11) is -4.98. The Kier molecular flexibility index (Phi) is 9.84. The molecule has 9 nitrogen and oxygen atoms in total. The zero-order valence-corrected chi connectivity index (χ0v) is 24.0. The second kappa shape index (κ2) is 12.5. The van der Waals surface area contributed by atoms with Gasteiger partial charge in [-0.2, -0.15) is 8.61 Å². The number of likely N-dealkylation sites (N-methyl/N-ethyl adjacent to an activating group) is 1. The smallest absolute Gasteiger partial charge is 0.247 e. The van der Waals surface area contributed by atoms with Crippen molar-refractivity contribution < 1.29 is 31.4 Å². The number of methoxy groups -OCH3 is 1. The third-order valence-corrected chi connectivity index (χ3v) is 10.3. The standard InChI is InChI=1S/C27H36N2O7S2/c1-6-7-8-10-22-13-14-27-25(15-22)36-26(20(2)17-29(21(3)19-30)38(27,33)34)18-28(4)37(31,32)24-12-9-11-23(16-24)35-5/h9,11-16,20-21,26,30H,6-7,17-19H2,1-5H3/t20-,21-,26+/m0/s1. The Morgan fingerprint density at radius 3 is 2.66 bits per heavy atom. The van der Waals surface area contributed by atoms with Gasteiger partial charge < -0.3 is 14.6 Å². The van der Waals surface area contributed by atoms with Crippen molar-refractivity contribution in [1.82, 2.24) is 8.61 Å². The molecule has 0 saturated heterocycles. The van der Waals surface area contributed by atoms with E-state index in [2.05, 4.69) is 11.8 Å². The molecule has 208 valence electrons. The molecule has 1 aliphatic rings. The van der Waals surface area contributed by atoms with Gasteiger partial charge in [0.2, 0.25) is 20.0 Å². The Labute approximate surface area is 226 Å². The SMILES string of the molecule is CCCC#Cc1ccc2c(c1)O[C@H](CN(C)S(=O)(=O)c1cccc(OC)c1)[C@@H](C)CN([C@@H](C)CO)S2(=O)=O. The van der Waals surface area contributed by atoms with Crippen LogP contribution in [-0.2, 0) is 20.0 Å². The van der Waals surface area contributed by atoms with Gasteiger partial charge in [-0.1, -0.05) is 31.8 Å². The van der Waals surface area contributed by atoms with Crippen LogP contribution in [0.4, 0.5) is 0 Å². The van der Waals surface area contributed by atoms with Gasteiger partial charge in [0.25, 0.3) is 0 Å². The summed E-state index contributed by atoms with van der Waals surface area (Å²) in [6, 6.07) is 10.2. The van der Waals surface area contributed by atoms with E-state index in [0.717, 1.165) is 6.42 Å². The van der Waals surface area contributed by atoms with Gasteiger partial charge in [0.1, 0.15) is 22.5 Å². The molecule has 0 bridgehead atoms. The van der Waals surface area contributed by atoms with E-state index < -0.39 is 38.1 Å². The molecule has 11 heteroatoms. The van der Waals surface area contributed by atoms with Gasteiger partial charge in [0, 0.05) is 43.6 Å². The monoisotopic (exact) mass is 564 g/mol. The lowest BCUT2D eigenvalue weighted by molar-refractivity contribution is 0.0904. The van der Waals surface area contributed by atoms with Crippen LogP contribution in [0.5, 0.6) is 11.5 Å². The largest absolute Gasteiger partial charge is 0.497 e. The second-order valence-corrected chi connectivity index (χ2v) is 13.3. The molecule has 0 unspecified atom stereocenters. The number of fused-ring (bicyclic) bond motifs is 1. The molecule has 3 rings (SSSR count). The number of benzene rings is 2. The fourth-order valence-corrected chi connectivity index (χ4v) is 7.15. The molecule has 38 heavy (non-hydrogen) atoms. The predicted molar refractivity (Wildman–Crippen MR) is 145 cm³/mol. The highest BCUT2D eigenvalue weighted by atomic mass is 32.2. The van der Waals surface area contributed by atoms with E-state index in [1.807, 2.05) is 6.92 Å². The number of nitrogens with zero attached hydrogens (tertiary/aromatic N) is 2. The highest BCUT2D eigenvalue weighted by Gasteiger charge is 2.39. The zero-order valence-electron chi connectivity index (χ0n) is 22.4. The molecule has 0 aromatic heterocycles. The number of hydrogen-bond donors (Lipinski definition) is 1. The van der Waals surface area contributed by atoms with Gasteiger partial charge in [-0.15, -0.1) is 0 Å². The van der Waals surface area contributed by atoms with E-state index in [-0.39, 0.29) is 35.2 Å². The molecule has 3 atom stereocenters. The van der Waals surface area contributed by atoms with E-state index in [1.54, 1.807) is 38.1 Å². The van der Waals surface area contributed by atoms with Crippen molar-refractivity contribution in [1.29, 1.82) is 0 Å². The molecule has 0 aliphatic carbocycles. The van der Waals surface area contributed by atoms with Crippen LogP contribution >= 0.6 is 0 Å².